The van der Waals surface area contributed by atoms with Crippen molar-refractivity contribution in [2.45, 2.75) is 32.6 Å². The molecule has 1 unspecified atom stereocenters. The lowest BCUT2D eigenvalue weighted by Crippen LogP contribution is -2.39. The van der Waals surface area contributed by atoms with Gasteiger partial charge in [0, 0.05) is 24.6 Å². The molecule has 1 amide bonds. The van der Waals surface area contributed by atoms with Gasteiger partial charge in [-0.3, -0.25) is 4.79 Å². The molecular weight excluding hydrogens is 328 g/mol. The topological polar surface area (TPSA) is 33.2 Å². The Bertz CT molecular complexity index is 898. The zero-order valence-corrected chi connectivity index (χ0v) is 15.5. The molecule has 4 heteroatoms. The van der Waals surface area contributed by atoms with E-state index in [1.54, 1.807) is 11.3 Å². The number of benzene rings is 2. The molecule has 0 spiro atoms. The van der Waals surface area contributed by atoms with Crippen molar-refractivity contribution < 1.29 is 4.79 Å². The summed E-state index contributed by atoms with van der Waals surface area (Å²) in [6, 6.07) is 14.3. The van der Waals surface area contributed by atoms with E-state index in [4.69, 9.17) is 4.98 Å². The van der Waals surface area contributed by atoms with Gasteiger partial charge in [-0.25, -0.2) is 4.98 Å². The van der Waals surface area contributed by atoms with Crippen LogP contribution in [0.1, 0.15) is 45.3 Å². The van der Waals surface area contributed by atoms with Crippen LogP contribution in [0.15, 0.2) is 42.5 Å². The quantitative estimate of drug-likeness (QED) is 0.656. The summed E-state index contributed by atoms with van der Waals surface area (Å²) < 4.78 is 1.23. The maximum atomic E-state index is 13.0. The maximum absolute atomic E-state index is 13.0. The highest BCUT2D eigenvalue weighted by atomic mass is 32.1. The predicted molar refractivity (Wildman–Crippen MR) is 103 cm³/mol. The van der Waals surface area contributed by atoms with E-state index in [9.17, 15) is 4.79 Å². The van der Waals surface area contributed by atoms with Crippen LogP contribution in [0.4, 0.5) is 0 Å². The molecular formula is C21H22N2OS. The van der Waals surface area contributed by atoms with Gasteiger partial charge in [-0.05, 0) is 56.0 Å². The van der Waals surface area contributed by atoms with Crippen LogP contribution in [-0.4, -0.2) is 28.9 Å². The zero-order valence-electron chi connectivity index (χ0n) is 14.7. The first-order valence-corrected chi connectivity index (χ1v) is 9.66. The van der Waals surface area contributed by atoms with E-state index < -0.39 is 0 Å². The van der Waals surface area contributed by atoms with E-state index >= 15 is 0 Å². The fourth-order valence-corrected chi connectivity index (χ4v) is 4.67. The molecule has 0 saturated carbocycles. The number of carbonyl (C=O) groups is 1. The number of amides is 1. The van der Waals surface area contributed by atoms with Crippen LogP contribution in [-0.2, 0) is 0 Å². The van der Waals surface area contributed by atoms with Gasteiger partial charge in [-0.15, -0.1) is 11.3 Å². The Morgan fingerprint density at radius 2 is 2.00 bits per heavy atom. The summed E-state index contributed by atoms with van der Waals surface area (Å²) in [6.45, 7) is 5.71. The second-order valence-corrected chi connectivity index (χ2v) is 7.92. The molecule has 1 saturated heterocycles. The summed E-state index contributed by atoms with van der Waals surface area (Å²) in [6.07, 6.45) is 2.15. The maximum Gasteiger partial charge on any atom is 0.254 e. The number of fused-ring (bicyclic) bond motifs is 1. The number of rotatable bonds is 2. The minimum Gasteiger partial charge on any atom is -0.338 e. The van der Waals surface area contributed by atoms with E-state index in [0.717, 1.165) is 42.6 Å². The average Bonchev–Trinajstić information content (AvgIpc) is 3.08. The van der Waals surface area contributed by atoms with Crippen LogP contribution in [0.5, 0.6) is 0 Å². The Balaban J connectivity index is 1.58. The number of hydrogen-bond donors (Lipinski definition) is 0. The summed E-state index contributed by atoms with van der Waals surface area (Å²) in [7, 11) is 0. The number of para-hydroxylation sites is 1. The molecule has 2 aromatic carbocycles. The van der Waals surface area contributed by atoms with Crippen LogP contribution in [0.3, 0.4) is 0 Å². The third-order valence-corrected chi connectivity index (χ3v) is 6.40. The van der Waals surface area contributed by atoms with Crippen molar-refractivity contribution in [2.24, 2.45) is 0 Å². The lowest BCUT2D eigenvalue weighted by atomic mass is 9.96. The Kier molecular flexibility index (Phi) is 4.30. The number of aromatic nitrogens is 1. The van der Waals surface area contributed by atoms with E-state index in [0.29, 0.717) is 5.92 Å². The van der Waals surface area contributed by atoms with Crippen molar-refractivity contribution in [3.8, 4) is 0 Å². The molecule has 2 heterocycles. The summed E-state index contributed by atoms with van der Waals surface area (Å²) in [4.78, 5) is 19.9. The van der Waals surface area contributed by atoms with Gasteiger partial charge in [0.2, 0.25) is 0 Å². The highest BCUT2D eigenvalue weighted by molar-refractivity contribution is 7.18. The van der Waals surface area contributed by atoms with E-state index in [1.165, 1.54) is 15.3 Å². The average molecular weight is 350 g/mol. The molecule has 0 aliphatic carbocycles. The highest BCUT2D eigenvalue weighted by Crippen LogP contribution is 2.33. The summed E-state index contributed by atoms with van der Waals surface area (Å²) in [5.74, 6) is 0.507. The molecule has 0 N–H and O–H groups in total. The minimum absolute atomic E-state index is 0.159. The summed E-state index contributed by atoms with van der Waals surface area (Å²) in [5.41, 5.74) is 4.17. The van der Waals surface area contributed by atoms with Gasteiger partial charge >= 0.3 is 0 Å². The Labute approximate surface area is 152 Å². The molecule has 128 valence electrons. The molecule has 1 aliphatic rings. The number of likely N-dealkylation sites (tertiary alicyclic amines) is 1. The van der Waals surface area contributed by atoms with Gasteiger partial charge in [0.25, 0.3) is 5.91 Å². The molecule has 1 aliphatic heterocycles. The van der Waals surface area contributed by atoms with Crippen molar-refractivity contribution in [1.82, 2.24) is 9.88 Å². The fourth-order valence-electron chi connectivity index (χ4n) is 3.58. The number of hydrogen-bond acceptors (Lipinski definition) is 3. The molecule has 4 rings (SSSR count). The summed E-state index contributed by atoms with van der Waals surface area (Å²) in [5, 5.41) is 1.17. The first kappa shape index (κ1) is 16.3. The minimum atomic E-state index is 0.159. The van der Waals surface area contributed by atoms with E-state index in [1.807, 2.05) is 30.0 Å². The largest absolute Gasteiger partial charge is 0.338 e. The Morgan fingerprint density at radius 3 is 2.84 bits per heavy atom. The third-order valence-electron chi connectivity index (χ3n) is 5.20. The van der Waals surface area contributed by atoms with E-state index in [-0.39, 0.29) is 5.91 Å². The lowest BCUT2D eigenvalue weighted by molar-refractivity contribution is 0.0706. The SMILES string of the molecule is Cc1cccc(C(=O)N2CCCC(c3nc4ccccc4s3)C2)c1C. The predicted octanol–water partition coefficient (Wildman–Crippen LogP) is 4.93. The van der Waals surface area contributed by atoms with Crippen molar-refractivity contribution in [1.29, 1.82) is 0 Å². The zero-order chi connectivity index (χ0) is 17.4. The van der Waals surface area contributed by atoms with Gasteiger partial charge in [0.05, 0.1) is 15.2 Å². The molecule has 3 aromatic rings. The van der Waals surface area contributed by atoms with Crippen LogP contribution < -0.4 is 0 Å². The Hall–Kier alpha value is -2.20. The number of aryl methyl sites for hydroxylation is 1. The number of nitrogens with zero attached hydrogens (tertiary/aromatic N) is 2. The van der Waals surface area contributed by atoms with Gasteiger partial charge < -0.3 is 4.90 Å². The molecule has 1 atom stereocenters. The highest BCUT2D eigenvalue weighted by Gasteiger charge is 2.28. The van der Waals surface area contributed by atoms with Crippen molar-refractivity contribution >= 4 is 27.5 Å². The standard InChI is InChI=1S/C21H22N2OS/c1-14-7-5-9-17(15(14)2)21(24)23-12-6-8-16(13-23)20-22-18-10-3-4-11-19(18)25-20/h3-5,7,9-11,16H,6,8,12-13H2,1-2H3. The molecule has 0 bridgehead atoms. The van der Waals surface area contributed by atoms with Crippen molar-refractivity contribution in [3.63, 3.8) is 0 Å². The fraction of sp³-hybridized carbons (Fsp3) is 0.333. The van der Waals surface area contributed by atoms with Gasteiger partial charge in [-0.1, -0.05) is 24.3 Å². The van der Waals surface area contributed by atoms with Crippen molar-refractivity contribution in [3.05, 3.63) is 64.2 Å². The van der Waals surface area contributed by atoms with Crippen molar-refractivity contribution in [2.75, 3.05) is 13.1 Å². The van der Waals surface area contributed by atoms with Gasteiger partial charge in [-0.2, -0.15) is 0 Å². The second kappa shape index (κ2) is 6.60. The number of carbonyl (C=O) groups excluding carboxylic acids is 1. The summed E-state index contributed by atoms with van der Waals surface area (Å²) >= 11 is 1.77. The number of thiazole rings is 1. The molecule has 3 nitrogen and oxygen atoms in total. The molecule has 0 radical (unpaired) electrons. The Morgan fingerprint density at radius 1 is 1.16 bits per heavy atom. The van der Waals surface area contributed by atoms with Gasteiger partial charge in [0.1, 0.15) is 0 Å². The first-order chi connectivity index (χ1) is 12.1. The van der Waals surface area contributed by atoms with Crippen LogP contribution in [0.2, 0.25) is 0 Å². The molecule has 1 aromatic heterocycles. The van der Waals surface area contributed by atoms with Gasteiger partial charge in [0.15, 0.2) is 0 Å². The lowest BCUT2D eigenvalue weighted by Gasteiger charge is -2.32. The normalized spacial score (nSPS) is 17.8. The van der Waals surface area contributed by atoms with Crippen LogP contribution in [0, 0.1) is 13.8 Å². The van der Waals surface area contributed by atoms with E-state index in [2.05, 4.69) is 31.2 Å². The molecule has 25 heavy (non-hydrogen) atoms. The first-order valence-electron chi connectivity index (χ1n) is 8.84. The smallest absolute Gasteiger partial charge is 0.254 e. The molecule has 1 fully saturated rings. The van der Waals surface area contributed by atoms with Crippen LogP contribution >= 0.6 is 11.3 Å². The monoisotopic (exact) mass is 350 g/mol. The van der Waals surface area contributed by atoms with Crippen LogP contribution in [0.25, 0.3) is 10.2 Å². The third kappa shape index (κ3) is 3.07. The second-order valence-electron chi connectivity index (χ2n) is 6.86. The number of piperidine rings is 1.